The van der Waals surface area contributed by atoms with Gasteiger partial charge in [-0.3, -0.25) is 4.79 Å². The number of carbonyl (C=O) groups excluding carboxylic acids is 1. The van der Waals surface area contributed by atoms with Crippen molar-refractivity contribution in [3.05, 3.63) is 23.7 Å². The molecule has 2 rings (SSSR count). The van der Waals surface area contributed by atoms with Crippen molar-refractivity contribution in [2.45, 2.75) is 32.2 Å². The SMILES string of the molecule is CCCC(CC(=O)O)NC(=O)Nc1ccc2ncsc2c1. The molecule has 0 aliphatic heterocycles. The monoisotopic (exact) mass is 307 g/mol. The van der Waals surface area contributed by atoms with Gasteiger partial charge in [-0.15, -0.1) is 11.3 Å². The number of anilines is 1. The third-order valence-corrected chi connectivity index (χ3v) is 3.77. The fourth-order valence-electron chi connectivity index (χ4n) is 2.07. The number of urea groups is 1. The van der Waals surface area contributed by atoms with Crippen molar-refractivity contribution in [2.24, 2.45) is 0 Å². The Balaban J connectivity index is 1.97. The summed E-state index contributed by atoms with van der Waals surface area (Å²) in [5.74, 6) is -0.917. The molecule has 112 valence electrons. The second-order valence-electron chi connectivity index (χ2n) is 4.72. The van der Waals surface area contributed by atoms with Gasteiger partial charge in [-0.1, -0.05) is 13.3 Å². The smallest absolute Gasteiger partial charge is 0.319 e. The van der Waals surface area contributed by atoms with Crippen molar-refractivity contribution in [2.75, 3.05) is 5.32 Å². The van der Waals surface area contributed by atoms with E-state index in [1.807, 2.05) is 19.1 Å². The van der Waals surface area contributed by atoms with Crippen LogP contribution in [-0.2, 0) is 4.79 Å². The van der Waals surface area contributed by atoms with Crippen LogP contribution < -0.4 is 10.6 Å². The molecule has 0 radical (unpaired) electrons. The molecule has 6 nitrogen and oxygen atoms in total. The molecule has 1 aromatic heterocycles. The van der Waals surface area contributed by atoms with E-state index in [0.29, 0.717) is 12.1 Å². The van der Waals surface area contributed by atoms with Gasteiger partial charge in [0.05, 0.1) is 22.1 Å². The first-order valence-corrected chi connectivity index (χ1v) is 7.59. The van der Waals surface area contributed by atoms with E-state index in [-0.39, 0.29) is 12.5 Å². The van der Waals surface area contributed by atoms with Gasteiger partial charge in [0.25, 0.3) is 0 Å². The number of nitrogens with zero attached hydrogens (tertiary/aromatic N) is 1. The number of rotatable bonds is 6. The molecule has 1 aromatic carbocycles. The fraction of sp³-hybridized carbons (Fsp3) is 0.357. The number of aromatic nitrogens is 1. The lowest BCUT2D eigenvalue weighted by molar-refractivity contribution is -0.137. The van der Waals surface area contributed by atoms with Crippen LogP contribution in [0.25, 0.3) is 10.2 Å². The van der Waals surface area contributed by atoms with Gasteiger partial charge in [0.2, 0.25) is 0 Å². The number of carboxylic acids is 1. The zero-order chi connectivity index (χ0) is 15.2. The second-order valence-corrected chi connectivity index (χ2v) is 5.60. The van der Waals surface area contributed by atoms with Crippen LogP contribution in [0.5, 0.6) is 0 Å². The van der Waals surface area contributed by atoms with Gasteiger partial charge in [0.15, 0.2) is 0 Å². The van der Waals surface area contributed by atoms with Crippen molar-refractivity contribution < 1.29 is 14.7 Å². The molecule has 0 saturated carbocycles. The number of nitrogens with one attached hydrogen (secondary N) is 2. The molecule has 3 N–H and O–H groups in total. The predicted octanol–water partition coefficient (Wildman–Crippen LogP) is 3.06. The summed E-state index contributed by atoms with van der Waals surface area (Å²) < 4.78 is 0.989. The topological polar surface area (TPSA) is 91.3 Å². The molecule has 0 fully saturated rings. The van der Waals surface area contributed by atoms with Crippen LogP contribution in [0.1, 0.15) is 26.2 Å². The molecule has 1 unspecified atom stereocenters. The lowest BCUT2D eigenvalue weighted by Crippen LogP contribution is -2.39. The lowest BCUT2D eigenvalue weighted by Gasteiger charge is -2.16. The van der Waals surface area contributed by atoms with Crippen molar-refractivity contribution in [1.82, 2.24) is 10.3 Å². The van der Waals surface area contributed by atoms with E-state index < -0.39 is 12.0 Å². The number of hydrogen-bond donors (Lipinski definition) is 3. The molecular weight excluding hydrogens is 290 g/mol. The van der Waals surface area contributed by atoms with Gasteiger partial charge in [0, 0.05) is 11.7 Å². The van der Waals surface area contributed by atoms with Crippen molar-refractivity contribution in [3.63, 3.8) is 0 Å². The Hall–Kier alpha value is -2.15. The number of thiazole rings is 1. The molecule has 0 bridgehead atoms. The first-order valence-electron chi connectivity index (χ1n) is 6.71. The van der Waals surface area contributed by atoms with Gasteiger partial charge in [-0.25, -0.2) is 9.78 Å². The van der Waals surface area contributed by atoms with E-state index in [1.165, 1.54) is 11.3 Å². The Morgan fingerprint density at radius 1 is 1.43 bits per heavy atom. The van der Waals surface area contributed by atoms with Crippen LogP contribution in [0.3, 0.4) is 0 Å². The first kappa shape index (κ1) is 15.2. The second kappa shape index (κ2) is 7.03. The number of hydrogen-bond acceptors (Lipinski definition) is 4. The third-order valence-electron chi connectivity index (χ3n) is 2.98. The molecule has 0 aliphatic carbocycles. The van der Waals surface area contributed by atoms with Crippen LogP contribution in [0.2, 0.25) is 0 Å². The number of amides is 2. The van der Waals surface area contributed by atoms with Crippen LogP contribution >= 0.6 is 11.3 Å². The maximum atomic E-state index is 11.9. The van der Waals surface area contributed by atoms with Crippen molar-refractivity contribution in [3.8, 4) is 0 Å². The molecule has 7 heteroatoms. The Bertz CT molecular complexity index is 641. The van der Waals surface area contributed by atoms with E-state index in [4.69, 9.17) is 5.11 Å². The zero-order valence-electron chi connectivity index (χ0n) is 11.6. The normalized spacial score (nSPS) is 12.0. The minimum atomic E-state index is -0.917. The first-order chi connectivity index (χ1) is 10.1. The summed E-state index contributed by atoms with van der Waals surface area (Å²) in [6, 6.07) is 4.70. The zero-order valence-corrected chi connectivity index (χ0v) is 12.4. The number of aliphatic carboxylic acids is 1. The highest BCUT2D eigenvalue weighted by molar-refractivity contribution is 7.16. The van der Waals surface area contributed by atoms with Crippen LogP contribution in [-0.4, -0.2) is 28.1 Å². The van der Waals surface area contributed by atoms with E-state index in [9.17, 15) is 9.59 Å². The molecule has 0 aliphatic rings. The Kier molecular flexibility index (Phi) is 5.10. The van der Waals surface area contributed by atoms with Crippen LogP contribution in [0.4, 0.5) is 10.5 Å². The molecule has 2 amide bonds. The summed E-state index contributed by atoms with van der Waals surface area (Å²) in [4.78, 5) is 26.9. The van der Waals surface area contributed by atoms with Crippen molar-refractivity contribution in [1.29, 1.82) is 0 Å². The Morgan fingerprint density at radius 3 is 2.95 bits per heavy atom. The van der Waals surface area contributed by atoms with Crippen LogP contribution in [0, 0.1) is 0 Å². The molecule has 1 atom stereocenters. The highest BCUT2D eigenvalue weighted by Gasteiger charge is 2.15. The predicted molar refractivity (Wildman–Crippen MR) is 82.7 cm³/mol. The summed E-state index contributed by atoms with van der Waals surface area (Å²) in [6.45, 7) is 1.95. The van der Waals surface area contributed by atoms with E-state index >= 15 is 0 Å². The summed E-state index contributed by atoms with van der Waals surface area (Å²) in [6.07, 6.45) is 1.37. The molecule has 0 saturated heterocycles. The van der Waals surface area contributed by atoms with Gasteiger partial charge in [-0.05, 0) is 24.6 Å². The highest BCUT2D eigenvalue weighted by atomic mass is 32.1. The van der Waals surface area contributed by atoms with Gasteiger partial charge >= 0.3 is 12.0 Å². The number of benzene rings is 1. The summed E-state index contributed by atoms with van der Waals surface area (Å²) in [7, 11) is 0. The van der Waals surface area contributed by atoms with E-state index in [2.05, 4.69) is 15.6 Å². The highest BCUT2D eigenvalue weighted by Crippen LogP contribution is 2.21. The van der Waals surface area contributed by atoms with E-state index in [0.717, 1.165) is 16.6 Å². The third kappa shape index (κ3) is 4.42. The lowest BCUT2D eigenvalue weighted by atomic mass is 10.1. The Morgan fingerprint density at radius 2 is 2.24 bits per heavy atom. The number of carbonyl (C=O) groups is 2. The standard InChI is InChI=1S/C14H17N3O3S/c1-2-3-9(7-13(18)19)16-14(20)17-10-4-5-11-12(6-10)21-8-15-11/h4-6,8-9H,2-3,7H2,1H3,(H,18,19)(H2,16,17,20). The molecule has 2 aromatic rings. The van der Waals surface area contributed by atoms with Gasteiger partial charge in [0.1, 0.15) is 0 Å². The molecule has 1 heterocycles. The molecule has 0 spiro atoms. The van der Waals surface area contributed by atoms with Crippen molar-refractivity contribution >= 4 is 39.2 Å². The average Bonchev–Trinajstić information content (AvgIpc) is 2.85. The minimum absolute atomic E-state index is 0.0743. The fourth-order valence-corrected chi connectivity index (χ4v) is 2.79. The largest absolute Gasteiger partial charge is 0.481 e. The summed E-state index contributed by atoms with van der Waals surface area (Å²) >= 11 is 1.50. The number of carboxylic acid groups (broad SMARTS) is 1. The summed E-state index contributed by atoms with van der Waals surface area (Å²) in [5.41, 5.74) is 3.30. The van der Waals surface area contributed by atoms with Gasteiger partial charge in [-0.2, -0.15) is 0 Å². The average molecular weight is 307 g/mol. The molecular formula is C14H17N3O3S. The maximum Gasteiger partial charge on any atom is 0.319 e. The van der Waals surface area contributed by atoms with Gasteiger partial charge < -0.3 is 15.7 Å². The minimum Gasteiger partial charge on any atom is -0.481 e. The van der Waals surface area contributed by atoms with E-state index in [1.54, 1.807) is 11.6 Å². The Labute approximate surface area is 126 Å². The van der Waals surface area contributed by atoms with Crippen LogP contribution in [0.15, 0.2) is 23.7 Å². The quantitative estimate of drug-likeness (QED) is 0.765. The summed E-state index contributed by atoms with van der Waals surface area (Å²) in [5, 5.41) is 14.2. The maximum absolute atomic E-state index is 11.9. The number of fused-ring (bicyclic) bond motifs is 1. The molecule has 21 heavy (non-hydrogen) atoms.